The van der Waals surface area contributed by atoms with Gasteiger partial charge in [-0.15, -0.1) is 0 Å². The third kappa shape index (κ3) is 3.38. The van der Waals surface area contributed by atoms with Crippen LogP contribution in [0.5, 0.6) is 0 Å². The van der Waals surface area contributed by atoms with Crippen LogP contribution in [0.25, 0.3) is 0 Å². The van der Waals surface area contributed by atoms with Crippen molar-refractivity contribution in [2.24, 2.45) is 0 Å². The Hall–Kier alpha value is 0.310. The van der Waals surface area contributed by atoms with E-state index in [1.54, 1.807) is 6.07 Å². The molecule has 0 radical (unpaired) electrons. The maximum absolute atomic E-state index is 12.4. The van der Waals surface area contributed by atoms with Crippen LogP contribution in [0, 0.1) is 10.7 Å². The zero-order valence-corrected chi connectivity index (χ0v) is 16.6. The summed E-state index contributed by atoms with van der Waals surface area (Å²) in [7, 11) is 0. The van der Waals surface area contributed by atoms with Gasteiger partial charge in [0.25, 0.3) is 5.91 Å². The summed E-state index contributed by atoms with van der Waals surface area (Å²) in [6.45, 7) is 0.346. The van der Waals surface area contributed by atoms with E-state index in [0.29, 0.717) is 12.2 Å². The molecule has 8 heteroatoms. The number of rotatable bonds is 3. The third-order valence-electron chi connectivity index (χ3n) is 3.02. The van der Waals surface area contributed by atoms with Crippen molar-refractivity contribution in [3.63, 3.8) is 0 Å². The highest BCUT2D eigenvalue weighted by Crippen LogP contribution is 2.25. The molecule has 5 nitrogen and oxygen atoms in total. The Morgan fingerprint density at radius 1 is 1.30 bits per heavy atom. The Morgan fingerprint density at radius 3 is 2.55 bits per heavy atom. The quantitative estimate of drug-likeness (QED) is 0.407. The number of carbonyl (C=O) groups excluding carboxylic acids is 1. The van der Waals surface area contributed by atoms with Gasteiger partial charge in [-0.1, -0.05) is 0 Å². The van der Waals surface area contributed by atoms with Crippen molar-refractivity contribution in [1.82, 2.24) is 5.32 Å². The van der Waals surface area contributed by atoms with E-state index in [4.69, 9.17) is 4.74 Å². The lowest BCUT2D eigenvalue weighted by molar-refractivity contribution is -0.144. The van der Waals surface area contributed by atoms with E-state index in [2.05, 4.69) is 73.1 Å². The molecule has 1 heterocycles. The van der Waals surface area contributed by atoms with Crippen LogP contribution in [0.4, 0.5) is 0 Å². The zero-order valence-electron chi connectivity index (χ0n) is 10.1. The fraction of sp³-hybridized carbons (Fsp3) is 0.333. The van der Waals surface area contributed by atoms with E-state index in [0.717, 1.165) is 10.7 Å². The Kier molecular flexibility index (Phi) is 5.51. The molecule has 0 saturated carbocycles. The molecule has 0 bridgehead atoms. The van der Waals surface area contributed by atoms with Crippen LogP contribution in [0.2, 0.25) is 0 Å². The first-order valence-corrected chi connectivity index (χ1v) is 8.87. The summed E-state index contributed by atoms with van der Waals surface area (Å²) in [4.78, 5) is 23.8. The van der Waals surface area contributed by atoms with Gasteiger partial charge in [0.05, 0.1) is 12.2 Å². The number of amides is 1. The molecule has 1 fully saturated rings. The number of hydrogen-bond donors (Lipinski definition) is 2. The maximum atomic E-state index is 12.4. The van der Waals surface area contributed by atoms with Gasteiger partial charge in [-0.3, -0.25) is 4.79 Å². The number of halogens is 3. The second-order valence-electron chi connectivity index (χ2n) is 4.39. The van der Waals surface area contributed by atoms with Crippen molar-refractivity contribution >= 4 is 79.6 Å². The minimum absolute atomic E-state index is 0.00563. The van der Waals surface area contributed by atoms with Gasteiger partial charge < -0.3 is 15.2 Å². The van der Waals surface area contributed by atoms with Crippen LogP contribution in [0.15, 0.2) is 12.1 Å². The molecule has 2 rings (SSSR count). The highest BCUT2D eigenvalue weighted by Gasteiger charge is 2.44. The van der Waals surface area contributed by atoms with Crippen LogP contribution >= 0.6 is 67.8 Å². The molecule has 1 saturated heterocycles. The fourth-order valence-electron chi connectivity index (χ4n) is 1.89. The van der Waals surface area contributed by atoms with E-state index in [-0.39, 0.29) is 18.9 Å². The first-order valence-electron chi connectivity index (χ1n) is 5.64. The van der Waals surface area contributed by atoms with Crippen molar-refractivity contribution < 1.29 is 19.4 Å². The molecule has 20 heavy (non-hydrogen) atoms. The van der Waals surface area contributed by atoms with Gasteiger partial charge in [0.2, 0.25) is 0 Å². The zero-order chi connectivity index (χ0) is 14.9. The molecule has 1 aliphatic rings. The molecule has 108 valence electrons. The van der Waals surface area contributed by atoms with Crippen molar-refractivity contribution in [1.29, 1.82) is 0 Å². The van der Waals surface area contributed by atoms with E-state index in [9.17, 15) is 14.7 Å². The van der Waals surface area contributed by atoms with Crippen molar-refractivity contribution in [3.05, 3.63) is 28.4 Å². The summed E-state index contributed by atoms with van der Waals surface area (Å²) in [6.07, 6.45) is 0.283. The largest absolute Gasteiger partial charge is 0.479 e. The van der Waals surface area contributed by atoms with E-state index < -0.39 is 11.5 Å². The minimum Gasteiger partial charge on any atom is -0.479 e. The van der Waals surface area contributed by atoms with Crippen molar-refractivity contribution in [3.8, 4) is 0 Å². The first kappa shape index (κ1) is 16.7. The number of aliphatic carboxylic acids is 1. The molecule has 1 atom stereocenters. The highest BCUT2D eigenvalue weighted by atomic mass is 127. The van der Waals surface area contributed by atoms with Gasteiger partial charge in [0.15, 0.2) is 5.54 Å². The molecule has 1 aliphatic heterocycles. The maximum Gasteiger partial charge on any atom is 0.331 e. The van der Waals surface area contributed by atoms with Crippen LogP contribution in [0.3, 0.4) is 0 Å². The van der Waals surface area contributed by atoms with Gasteiger partial charge in [0.1, 0.15) is 0 Å². The number of carboxylic acid groups (broad SMARTS) is 1. The lowest BCUT2D eigenvalue weighted by atomic mass is 9.98. The molecular formula is C12H10I3NO4. The summed E-state index contributed by atoms with van der Waals surface area (Å²) in [5, 5.41) is 12.0. The summed E-state index contributed by atoms with van der Waals surface area (Å²) < 4.78 is 7.86. The fourth-order valence-corrected chi connectivity index (χ4v) is 4.29. The average molecular weight is 613 g/mol. The first-order chi connectivity index (χ1) is 9.35. The molecule has 0 aromatic heterocycles. The highest BCUT2D eigenvalue weighted by molar-refractivity contribution is 14.1. The van der Waals surface area contributed by atoms with Crippen LogP contribution < -0.4 is 5.32 Å². The van der Waals surface area contributed by atoms with E-state index >= 15 is 0 Å². The summed E-state index contributed by atoms with van der Waals surface area (Å²) in [6, 6.07) is 3.72. The van der Waals surface area contributed by atoms with Gasteiger partial charge in [-0.2, -0.15) is 0 Å². The Labute approximate surface area is 156 Å². The van der Waals surface area contributed by atoms with Gasteiger partial charge in [0, 0.05) is 23.7 Å². The standard InChI is InChI=1S/C12H10I3NO4/c13-6-3-7(9(15)8(14)4-6)10(17)16-12(11(18)19)1-2-20-5-12/h3-4H,1-2,5H2,(H,16,17)(H,18,19). The SMILES string of the molecule is O=C(NC1(C(=O)O)CCOC1)c1cc(I)cc(I)c1I. The molecule has 2 N–H and O–H groups in total. The molecule has 0 aliphatic carbocycles. The van der Waals surface area contributed by atoms with Gasteiger partial charge in [-0.05, 0) is 79.9 Å². The van der Waals surface area contributed by atoms with E-state index in [1.807, 2.05) is 6.07 Å². The second-order valence-corrected chi connectivity index (χ2v) is 7.88. The second kappa shape index (κ2) is 6.60. The van der Waals surface area contributed by atoms with E-state index in [1.165, 1.54) is 0 Å². The number of hydrogen-bond acceptors (Lipinski definition) is 3. The van der Waals surface area contributed by atoms with Crippen LogP contribution in [-0.4, -0.2) is 35.7 Å². The summed E-state index contributed by atoms with van der Waals surface area (Å²) in [5.41, 5.74) is -0.818. The van der Waals surface area contributed by atoms with Crippen molar-refractivity contribution in [2.45, 2.75) is 12.0 Å². The molecule has 1 aromatic rings. The predicted molar refractivity (Wildman–Crippen MR) is 97.9 cm³/mol. The van der Waals surface area contributed by atoms with Gasteiger partial charge in [-0.25, -0.2) is 4.79 Å². The lowest BCUT2D eigenvalue weighted by Gasteiger charge is -2.24. The summed E-state index contributed by atoms with van der Waals surface area (Å²) >= 11 is 6.39. The molecule has 1 aromatic carbocycles. The Bertz CT molecular complexity index is 570. The van der Waals surface area contributed by atoms with Crippen LogP contribution in [-0.2, 0) is 9.53 Å². The molecule has 0 spiro atoms. The average Bonchev–Trinajstić information content (AvgIpc) is 2.83. The smallest absolute Gasteiger partial charge is 0.331 e. The number of ether oxygens (including phenoxy) is 1. The molecular weight excluding hydrogens is 603 g/mol. The number of benzene rings is 1. The van der Waals surface area contributed by atoms with Crippen molar-refractivity contribution in [2.75, 3.05) is 13.2 Å². The lowest BCUT2D eigenvalue weighted by Crippen LogP contribution is -2.55. The predicted octanol–water partition coefficient (Wildman–Crippen LogP) is 2.47. The Balaban J connectivity index is 2.30. The molecule has 1 amide bonds. The minimum atomic E-state index is -1.31. The summed E-state index contributed by atoms with van der Waals surface area (Å²) in [5.74, 6) is -1.43. The Morgan fingerprint density at radius 2 is 2.00 bits per heavy atom. The number of carbonyl (C=O) groups is 2. The third-order valence-corrected chi connectivity index (χ3v) is 6.69. The van der Waals surface area contributed by atoms with Crippen LogP contribution in [0.1, 0.15) is 16.8 Å². The molecule has 1 unspecified atom stereocenters. The topological polar surface area (TPSA) is 75.6 Å². The monoisotopic (exact) mass is 613 g/mol. The van der Waals surface area contributed by atoms with Gasteiger partial charge >= 0.3 is 5.97 Å². The normalized spacial score (nSPS) is 21.8. The number of nitrogens with one attached hydrogen (secondary N) is 1. The number of carboxylic acids is 1.